The van der Waals surface area contributed by atoms with E-state index in [-0.39, 0.29) is 5.82 Å². The normalized spacial score (nSPS) is 16.0. The van der Waals surface area contributed by atoms with Gasteiger partial charge >= 0.3 is 0 Å². The average molecular weight is 386 g/mol. The van der Waals surface area contributed by atoms with E-state index in [0.29, 0.717) is 6.04 Å². The van der Waals surface area contributed by atoms with Crippen molar-refractivity contribution in [1.82, 2.24) is 9.71 Å². The van der Waals surface area contributed by atoms with Crippen molar-refractivity contribution in [2.45, 2.75) is 39.2 Å². The van der Waals surface area contributed by atoms with Crippen molar-refractivity contribution in [2.75, 3.05) is 24.2 Å². The van der Waals surface area contributed by atoms with Crippen LogP contribution in [0.5, 0.6) is 0 Å². The number of aryl methyl sites for hydroxylation is 1. The highest BCUT2D eigenvalue weighted by Gasteiger charge is 2.19. The second kappa shape index (κ2) is 9.38. The minimum Gasteiger partial charge on any atom is -0.357 e. The third-order valence-corrected chi connectivity index (χ3v) is 5.63. The highest BCUT2D eigenvalue weighted by molar-refractivity contribution is 7.96. The molecule has 27 heavy (non-hydrogen) atoms. The van der Waals surface area contributed by atoms with Crippen LogP contribution in [0.4, 0.5) is 10.2 Å². The largest absolute Gasteiger partial charge is 0.357 e. The quantitative estimate of drug-likeness (QED) is 0.691. The van der Waals surface area contributed by atoms with Crippen molar-refractivity contribution in [1.29, 1.82) is 0 Å². The van der Waals surface area contributed by atoms with E-state index in [1.165, 1.54) is 6.07 Å². The number of piperidine rings is 1. The molecule has 2 heterocycles. The molecule has 0 radical (unpaired) electrons. The van der Waals surface area contributed by atoms with Gasteiger partial charge in [-0.05, 0) is 73.4 Å². The molecule has 1 aromatic carbocycles. The lowest BCUT2D eigenvalue weighted by Crippen LogP contribution is -2.40. The molecular weight excluding hydrogens is 357 g/mol. The molecule has 0 amide bonds. The maximum Gasteiger partial charge on any atom is 0.128 e. The van der Waals surface area contributed by atoms with Gasteiger partial charge in [0.25, 0.3) is 0 Å². The smallest absolute Gasteiger partial charge is 0.128 e. The van der Waals surface area contributed by atoms with Crippen LogP contribution in [0.2, 0.25) is 0 Å². The lowest BCUT2D eigenvalue weighted by Gasteiger charge is -2.32. The molecule has 5 heteroatoms. The summed E-state index contributed by atoms with van der Waals surface area (Å²) >= 11 is 1.70. The number of nitrogens with one attached hydrogen (secondary N) is 1. The molecule has 144 valence electrons. The number of hydrogen-bond donors (Lipinski definition) is 1. The molecule has 3 nitrogen and oxygen atoms in total. The van der Waals surface area contributed by atoms with E-state index in [1.54, 1.807) is 18.0 Å². The molecule has 0 saturated carbocycles. The Hall–Kier alpha value is -1.85. The molecule has 0 spiro atoms. The first-order chi connectivity index (χ1) is 13.1. The van der Waals surface area contributed by atoms with Crippen LogP contribution in [-0.2, 0) is 0 Å². The minimum atomic E-state index is -0.205. The summed E-state index contributed by atoms with van der Waals surface area (Å²) in [5, 5.41) is 0. The van der Waals surface area contributed by atoms with E-state index in [4.69, 9.17) is 4.98 Å². The van der Waals surface area contributed by atoms with Gasteiger partial charge < -0.3 is 4.90 Å². The van der Waals surface area contributed by atoms with Crippen LogP contribution in [0.15, 0.2) is 42.6 Å². The summed E-state index contributed by atoms with van der Waals surface area (Å²) in [4.78, 5) is 7.07. The summed E-state index contributed by atoms with van der Waals surface area (Å²) in [6, 6.07) is 9.76. The molecule has 1 fully saturated rings. The summed E-state index contributed by atoms with van der Waals surface area (Å²) < 4.78 is 17.3. The molecule has 0 atom stereocenters. The fourth-order valence-corrected chi connectivity index (χ4v) is 4.17. The molecule has 0 bridgehead atoms. The molecule has 1 N–H and O–H groups in total. The topological polar surface area (TPSA) is 28.2 Å². The van der Waals surface area contributed by atoms with E-state index < -0.39 is 0 Å². The van der Waals surface area contributed by atoms with Gasteiger partial charge in [-0.25, -0.2) is 9.37 Å². The molecule has 1 saturated heterocycles. The number of aromatic nitrogens is 1. The zero-order valence-electron chi connectivity index (χ0n) is 16.3. The Balaban J connectivity index is 1.79. The van der Waals surface area contributed by atoms with E-state index >= 15 is 0 Å². The monoisotopic (exact) mass is 385 g/mol. The van der Waals surface area contributed by atoms with Gasteiger partial charge in [0.05, 0.1) is 0 Å². The Labute approximate surface area is 166 Å². The summed E-state index contributed by atoms with van der Waals surface area (Å²) in [5.74, 6) is 0.817. The number of benzene rings is 1. The highest BCUT2D eigenvalue weighted by Crippen LogP contribution is 2.28. The maximum absolute atomic E-state index is 13.8. The number of anilines is 1. The number of halogens is 1. The summed E-state index contributed by atoms with van der Waals surface area (Å²) in [7, 11) is 0. The molecule has 2 aromatic rings. The van der Waals surface area contributed by atoms with Gasteiger partial charge in [-0.1, -0.05) is 31.0 Å². The first kappa shape index (κ1) is 19.9. The lowest BCUT2D eigenvalue weighted by atomic mass is 9.94. The lowest BCUT2D eigenvalue weighted by molar-refractivity contribution is 0.477. The predicted molar refractivity (Wildman–Crippen MR) is 115 cm³/mol. The number of rotatable bonds is 6. The standard InChI is InChI=1S/C22H28FN3S/c1-4-5-20(21-14-18(23)8-6-16(21)2)17-7-9-22(24-15-17)26-12-10-19(11-13-26)25-27-3/h5-9,14-15,19,25H,4,10-13H2,1-3H3. The average Bonchev–Trinajstić information content (AvgIpc) is 2.69. The first-order valence-electron chi connectivity index (χ1n) is 9.59. The third kappa shape index (κ3) is 4.90. The Morgan fingerprint density at radius 2 is 2.07 bits per heavy atom. The Morgan fingerprint density at radius 1 is 1.30 bits per heavy atom. The van der Waals surface area contributed by atoms with Gasteiger partial charge in [0.2, 0.25) is 0 Å². The van der Waals surface area contributed by atoms with Crippen molar-refractivity contribution in [2.24, 2.45) is 0 Å². The van der Waals surface area contributed by atoms with Gasteiger partial charge in [0, 0.05) is 30.9 Å². The van der Waals surface area contributed by atoms with Crippen molar-refractivity contribution in [3.8, 4) is 0 Å². The second-order valence-corrected chi connectivity index (χ2v) is 7.62. The number of allylic oxidation sites excluding steroid dienone is 1. The van der Waals surface area contributed by atoms with Crippen LogP contribution in [0.25, 0.3) is 5.57 Å². The van der Waals surface area contributed by atoms with Gasteiger partial charge in [-0.3, -0.25) is 4.72 Å². The van der Waals surface area contributed by atoms with E-state index in [2.05, 4.69) is 41.0 Å². The zero-order chi connectivity index (χ0) is 19.2. The molecule has 1 aromatic heterocycles. The van der Waals surface area contributed by atoms with Crippen LogP contribution in [0, 0.1) is 12.7 Å². The van der Waals surface area contributed by atoms with E-state index in [1.807, 2.05) is 19.2 Å². The van der Waals surface area contributed by atoms with Crippen LogP contribution in [0.1, 0.15) is 42.9 Å². The minimum absolute atomic E-state index is 0.205. The van der Waals surface area contributed by atoms with Crippen molar-refractivity contribution < 1.29 is 4.39 Å². The van der Waals surface area contributed by atoms with Crippen molar-refractivity contribution in [3.63, 3.8) is 0 Å². The van der Waals surface area contributed by atoms with Gasteiger partial charge in [0.15, 0.2) is 0 Å². The number of pyridine rings is 1. The Morgan fingerprint density at radius 3 is 2.70 bits per heavy atom. The van der Waals surface area contributed by atoms with Crippen LogP contribution >= 0.6 is 11.9 Å². The number of hydrogen-bond acceptors (Lipinski definition) is 4. The molecule has 1 aliphatic heterocycles. The third-order valence-electron chi connectivity index (χ3n) is 5.06. The van der Waals surface area contributed by atoms with Gasteiger partial charge in [0.1, 0.15) is 11.6 Å². The number of nitrogens with zero attached hydrogens (tertiary/aromatic N) is 2. The fourth-order valence-electron chi connectivity index (χ4n) is 3.60. The van der Waals surface area contributed by atoms with Crippen LogP contribution in [0.3, 0.4) is 0 Å². The molecule has 1 aliphatic rings. The maximum atomic E-state index is 13.8. The molecule has 0 aliphatic carbocycles. The molecule has 3 rings (SSSR count). The summed E-state index contributed by atoms with van der Waals surface area (Å²) in [6.07, 6.45) is 9.31. The summed E-state index contributed by atoms with van der Waals surface area (Å²) in [6.45, 7) is 6.16. The molecule has 0 unspecified atom stereocenters. The Bertz CT molecular complexity index is 781. The van der Waals surface area contributed by atoms with Gasteiger partial charge in [-0.15, -0.1) is 0 Å². The molecular formula is C22H28FN3S. The summed E-state index contributed by atoms with van der Waals surface area (Å²) in [5.41, 5.74) is 4.10. The fraction of sp³-hybridized carbons (Fsp3) is 0.409. The van der Waals surface area contributed by atoms with E-state index in [0.717, 1.165) is 60.4 Å². The predicted octanol–water partition coefficient (Wildman–Crippen LogP) is 5.21. The Kier molecular flexibility index (Phi) is 6.91. The SMILES string of the molecule is CCC=C(c1ccc(N2CCC(NSC)CC2)nc1)c1cc(F)ccc1C. The second-order valence-electron chi connectivity index (χ2n) is 6.97. The first-order valence-corrected chi connectivity index (χ1v) is 10.8. The van der Waals surface area contributed by atoms with Crippen molar-refractivity contribution in [3.05, 3.63) is 65.1 Å². The van der Waals surface area contributed by atoms with Gasteiger partial charge in [-0.2, -0.15) is 0 Å². The van der Waals surface area contributed by atoms with Crippen LogP contribution in [-0.4, -0.2) is 30.4 Å². The van der Waals surface area contributed by atoms with E-state index in [9.17, 15) is 4.39 Å². The highest BCUT2D eigenvalue weighted by atomic mass is 32.2. The van der Waals surface area contributed by atoms with Crippen LogP contribution < -0.4 is 9.62 Å². The van der Waals surface area contributed by atoms with Crippen molar-refractivity contribution >= 4 is 23.3 Å². The zero-order valence-corrected chi connectivity index (χ0v) is 17.2.